The number of thioether (sulfide) groups is 1. The first-order valence-electron chi connectivity index (χ1n) is 10.2. The molecule has 0 bridgehead atoms. The summed E-state index contributed by atoms with van der Waals surface area (Å²) in [5.74, 6) is 1.46. The molecule has 7 heteroatoms. The average Bonchev–Trinajstić information content (AvgIpc) is 2.76. The van der Waals surface area contributed by atoms with Crippen LogP contribution in [-0.4, -0.2) is 54.8 Å². The molecule has 0 aliphatic carbocycles. The Bertz CT molecular complexity index is 957. The molecule has 0 radical (unpaired) electrons. The highest BCUT2D eigenvalue weighted by atomic mass is 32.2. The first-order chi connectivity index (χ1) is 14.5. The molecular weight excluding hydrogens is 398 g/mol. The monoisotopic (exact) mass is 425 g/mol. The predicted octanol–water partition coefficient (Wildman–Crippen LogP) is 3.44. The molecule has 2 aromatic carbocycles. The molecule has 2 aromatic rings. The molecular formula is C23H27N3O3S. The molecule has 2 aliphatic rings. The van der Waals surface area contributed by atoms with Crippen LogP contribution in [0.4, 0.5) is 11.4 Å². The van der Waals surface area contributed by atoms with Gasteiger partial charge in [0.2, 0.25) is 5.91 Å². The number of benzene rings is 2. The number of rotatable bonds is 5. The molecule has 2 aliphatic heterocycles. The van der Waals surface area contributed by atoms with E-state index in [1.54, 1.807) is 22.7 Å². The van der Waals surface area contributed by atoms with Crippen molar-refractivity contribution in [3.05, 3.63) is 58.7 Å². The van der Waals surface area contributed by atoms with Gasteiger partial charge in [0.05, 0.1) is 24.6 Å². The quantitative estimate of drug-likeness (QED) is 0.768. The van der Waals surface area contributed by atoms with Crippen LogP contribution in [0.25, 0.3) is 0 Å². The molecule has 0 spiro atoms. The first kappa shape index (κ1) is 20.8. The van der Waals surface area contributed by atoms with Crippen molar-refractivity contribution in [1.29, 1.82) is 0 Å². The lowest BCUT2D eigenvalue weighted by molar-refractivity contribution is -0.116. The van der Waals surface area contributed by atoms with Crippen molar-refractivity contribution in [2.45, 2.75) is 25.6 Å². The van der Waals surface area contributed by atoms with Crippen molar-refractivity contribution >= 4 is 35.0 Å². The highest BCUT2D eigenvalue weighted by Crippen LogP contribution is 2.30. The second kappa shape index (κ2) is 9.10. The third-order valence-corrected chi connectivity index (χ3v) is 6.60. The van der Waals surface area contributed by atoms with Crippen LogP contribution in [0, 0.1) is 13.8 Å². The number of nitrogens with zero attached hydrogens (tertiary/aromatic N) is 1. The van der Waals surface area contributed by atoms with E-state index >= 15 is 0 Å². The molecule has 30 heavy (non-hydrogen) atoms. The maximum absolute atomic E-state index is 12.7. The molecule has 0 saturated carbocycles. The fourth-order valence-corrected chi connectivity index (χ4v) is 4.81. The van der Waals surface area contributed by atoms with Gasteiger partial charge in [-0.25, -0.2) is 0 Å². The molecule has 4 rings (SSSR count). The highest BCUT2D eigenvalue weighted by Gasteiger charge is 2.27. The number of ether oxygens (including phenoxy) is 1. The minimum atomic E-state index is -0.298. The molecule has 1 atom stereocenters. The summed E-state index contributed by atoms with van der Waals surface area (Å²) in [6.45, 7) is 6.54. The maximum Gasteiger partial charge on any atom is 0.254 e. The summed E-state index contributed by atoms with van der Waals surface area (Å²) < 4.78 is 5.31. The predicted molar refractivity (Wildman–Crippen MR) is 121 cm³/mol. The molecule has 1 fully saturated rings. The van der Waals surface area contributed by atoms with Crippen LogP contribution >= 0.6 is 11.8 Å². The van der Waals surface area contributed by atoms with E-state index in [0.29, 0.717) is 43.3 Å². The molecule has 2 N–H and O–H groups in total. The van der Waals surface area contributed by atoms with E-state index in [9.17, 15) is 9.59 Å². The van der Waals surface area contributed by atoms with Gasteiger partial charge in [0.15, 0.2) is 0 Å². The van der Waals surface area contributed by atoms with Crippen molar-refractivity contribution in [2.75, 3.05) is 42.7 Å². The molecule has 2 amide bonds. The van der Waals surface area contributed by atoms with Crippen molar-refractivity contribution in [3.63, 3.8) is 0 Å². The van der Waals surface area contributed by atoms with E-state index in [1.807, 2.05) is 12.1 Å². The summed E-state index contributed by atoms with van der Waals surface area (Å²) in [6, 6.07) is 11.6. The smallest absolute Gasteiger partial charge is 0.254 e. The Morgan fingerprint density at radius 2 is 1.93 bits per heavy atom. The van der Waals surface area contributed by atoms with Crippen LogP contribution in [0.5, 0.6) is 0 Å². The van der Waals surface area contributed by atoms with Crippen LogP contribution in [0.2, 0.25) is 0 Å². The van der Waals surface area contributed by atoms with E-state index in [1.165, 1.54) is 16.7 Å². The van der Waals surface area contributed by atoms with Gasteiger partial charge in [-0.15, -0.1) is 0 Å². The van der Waals surface area contributed by atoms with E-state index in [-0.39, 0.29) is 17.9 Å². The summed E-state index contributed by atoms with van der Waals surface area (Å²) in [5.41, 5.74) is 5.93. The van der Waals surface area contributed by atoms with Gasteiger partial charge in [-0.05, 0) is 43.2 Å². The molecule has 2 heterocycles. The Hall–Kier alpha value is -2.51. The number of carbonyl (C=O) groups is 2. The minimum absolute atomic E-state index is 0.0263. The number of carbonyl (C=O) groups excluding carboxylic acids is 2. The highest BCUT2D eigenvalue weighted by molar-refractivity contribution is 7.98. The van der Waals surface area contributed by atoms with Crippen LogP contribution in [0.15, 0.2) is 36.4 Å². The number of aryl methyl sites for hydroxylation is 2. The van der Waals surface area contributed by atoms with E-state index in [0.717, 1.165) is 11.4 Å². The van der Waals surface area contributed by atoms with Gasteiger partial charge in [-0.2, -0.15) is 11.8 Å². The third kappa shape index (κ3) is 4.63. The van der Waals surface area contributed by atoms with Gasteiger partial charge in [0.1, 0.15) is 6.04 Å². The van der Waals surface area contributed by atoms with E-state index < -0.39 is 0 Å². The third-order valence-electron chi connectivity index (χ3n) is 5.52. The molecule has 1 saturated heterocycles. The SMILES string of the molecule is Cc1ccc(C)c(CSCC2Nc3ccc(C(=O)N4CCOCC4)cc3NC2=O)c1. The normalized spacial score (nSPS) is 18.4. The Labute approximate surface area is 181 Å². The summed E-state index contributed by atoms with van der Waals surface area (Å²) in [6.07, 6.45) is 0. The first-order valence-corrected chi connectivity index (χ1v) is 11.4. The Morgan fingerprint density at radius 1 is 1.13 bits per heavy atom. The average molecular weight is 426 g/mol. The lowest BCUT2D eigenvalue weighted by Gasteiger charge is -2.29. The standard InChI is InChI=1S/C23H27N3O3S/c1-15-3-4-16(2)18(11-15)13-30-14-21-22(27)25-20-12-17(5-6-19(20)24-21)23(28)26-7-9-29-10-8-26/h3-6,11-12,21,24H,7-10,13-14H2,1-2H3,(H,25,27). The topological polar surface area (TPSA) is 70.7 Å². The fourth-order valence-electron chi connectivity index (χ4n) is 3.69. The van der Waals surface area contributed by atoms with Gasteiger partial charge in [-0.1, -0.05) is 23.8 Å². The fraction of sp³-hybridized carbons (Fsp3) is 0.391. The number of anilines is 2. The minimum Gasteiger partial charge on any atom is -0.378 e. The van der Waals surface area contributed by atoms with Crippen molar-refractivity contribution < 1.29 is 14.3 Å². The van der Waals surface area contributed by atoms with E-state index in [4.69, 9.17) is 4.74 Å². The lowest BCUT2D eigenvalue weighted by atomic mass is 10.1. The zero-order valence-corrected chi connectivity index (χ0v) is 18.2. The number of hydrogen-bond donors (Lipinski definition) is 2. The Balaban J connectivity index is 1.38. The number of amides is 2. The van der Waals surface area contributed by atoms with Crippen molar-refractivity contribution in [2.24, 2.45) is 0 Å². The summed E-state index contributed by atoms with van der Waals surface area (Å²) in [5, 5.41) is 6.29. The van der Waals surface area contributed by atoms with Crippen LogP contribution < -0.4 is 10.6 Å². The number of morpholine rings is 1. The van der Waals surface area contributed by atoms with Gasteiger partial charge >= 0.3 is 0 Å². The Kier molecular flexibility index (Phi) is 6.29. The van der Waals surface area contributed by atoms with Crippen LogP contribution in [-0.2, 0) is 15.3 Å². The van der Waals surface area contributed by atoms with Crippen molar-refractivity contribution in [1.82, 2.24) is 4.90 Å². The summed E-state index contributed by atoms with van der Waals surface area (Å²) >= 11 is 1.75. The summed E-state index contributed by atoms with van der Waals surface area (Å²) in [7, 11) is 0. The second-order valence-corrected chi connectivity index (χ2v) is 8.83. The second-order valence-electron chi connectivity index (χ2n) is 7.80. The zero-order valence-electron chi connectivity index (χ0n) is 17.4. The van der Waals surface area contributed by atoms with Gasteiger partial charge in [0.25, 0.3) is 5.91 Å². The molecule has 1 unspecified atom stereocenters. The zero-order chi connectivity index (χ0) is 21.1. The molecule has 6 nitrogen and oxygen atoms in total. The lowest BCUT2D eigenvalue weighted by Crippen LogP contribution is -2.42. The van der Waals surface area contributed by atoms with Crippen LogP contribution in [0.1, 0.15) is 27.0 Å². The number of hydrogen-bond acceptors (Lipinski definition) is 5. The Morgan fingerprint density at radius 3 is 2.73 bits per heavy atom. The largest absolute Gasteiger partial charge is 0.378 e. The molecule has 0 aromatic heterocycles. The van der Waals surface area contributed by atoms with Gasteiger partial charge in [-0.3, -0.25) is 9.59 Å². The van der Waals surface area contributed by atoms with E-state index in [2.05, 4.69) is 42.7 Å². The van der Waals surface area contributed by atoms with Gasteiger partial charge in [0, 0.05) is 30.2 Å². The molecule has 158 valence electrons. The van der Waals surface area contributed by atoms with Crippen LogP contribution in [0.3, 0.4) is 0 Å². The maximum atomic E-state index is 12.7. The van der Waals surface area contributed by atoms with Crippen molar-refractivity contribution in [3.8, 4) is 0 Å². The van der Waals surface area contributed by atoms with Gasteiger partial charge < -0.3 is 20.3 Å². The number of nitrogens with one attached hydrogen (secondary N) is 2. The summed E-state index contributed by atoms with van der Waals surface area (Å²) in [4.78, 5) is 27.1. The number of fused-ring (bicyclic) bond motifs is 1.